The topological polar surface area (TPSA) is 54.9 Å². The normalized spacial score (nSPS) is 13.1. The summed E-state index contributed by atoms with van der Waals surface area (Å²) in [4.78, 5) is 4.46. The molecular weight excluding hydrogens is 357 g/mol. The fourth-order valence-electron chi connectivity index (χ4n) is 1.17. The van der Waals surface area contributed by atoms with E-state index in [-0.39, 0.29) is 24.0 Å². The third kappa shape index (κ3) is 12.7. The molecule has 5 nitrogen and oxygen atoms in total. The molecule has 0 spiro atoms. The minimum Gasteiger partial charge on any atom is -0.382 e. The van der Waals surface area contributed by atoms with Crippen molar-refractivity contribution in [1.82, 2.24) is 10.6 Å². The molecule has 1 atom stereocenters. The van der Waals surface area contributed by atoms with E-state index in [0.29, 0.717) is 38.3 Å². The standard InChI is InChI=1S/C13H29N3O2.HI/c1-6-14-13(16-12(4)11(2)3)15-7-8-18-10-9-17-5;/h11-12H,6-10H2,1-5H3,(H2,14,15,16);1H. The summed E-state index contributed by atoms with van der Waals surface area (Å²) in [6.07, 6.45) is 0. The summed E-state index contributed by atoms with van der Waals surface area (Å²) < 4.78 is 10.3. The number of nitrogens with one attached hydrogen (secondary N) is 2. The molecule has 0 aliphatic heterocycles. The second kappa shape index (κ2) is 14.3. The van der Waals surface area contributed by atoms with Gasteiger partial charge in [-0.2, -0.15) is 0 Å². The number of ether oxygens (including phenoxy) is 2. The van der Waals surface area contributed by atoms with Crippen LogP contribution in [-0.4, -0.2) is 52.0 Å². The molecule has 0 fully saturated rings. The number of methoxy groups -OCH3 is 1. The monoisotopic (exact) mass is 387 g/mol. The molecule has 0 amide bonds. The second-order valence-corrected chi connectivity index (χ2v) is 4.54. The molecule has 0 heterocycles. The number of halogens is 1. The van der Waals surface area contributed by atoms with Crippen molar-refractivity contribution in [3.63, 3.8) is 0 Å². The number of rotatable bonds is 9. The van der Waals surface area contributed by atoms with Gasteiger partial charge in [-0.05, 0) is 19.8 Å². The zero-order valence-corrected chi connectivity index (χ0v) is 15.2. The lowest BCUT2D eigenvalue weighted by atomic mass is 10.1. The number of guanidine groups is 1. The summed E-state index contributed by atoms with van der Waals surface area (Å²) in [5.41, 5.74) is 0. The van der Waals surface area contributed by atoms with Gasteiger partial charge in [-0.1, -0.05) is 13.8 Å². The smallest absolute Gasteiger partial charge is 0.191 e. The maximum atomic E-state index is 5.37. The van der Waals surface area contributed by atoms with E-state index in [4.69, 9.17) is 9.47 Å². The third-order valence-corrected chi connectivity index (χ3v) is 2.65. The van der Waals surface area contributed by atoms with Gasteiger partial charge in [0.1, 0.15) is 0 Å². The molecule has 0 aliphatic carbocycles. The Labute approximate surface area is 134 Å². The first-order valence-corrected chi connectivity index (χ1v) is 6.73. The molecule has 1 unspecified atom stereocenters. The highest BCUT2D eigenvalue weighted by molar-refractivity contribution is 14.0. The molecule has 0 aliphatic rings. The Kier molecular flexibility index (Phi) is 16.0. The van der Waals surface area contributed by atoms with E-state index in [2.05, 4.69) is 43.3 Å². The average molecular weight is 387 g/mol. The lowest BCUT2D eigenvalue weighted by molar-refractivity contribution is 0.0748. The van der Waals surface area contributed by atoms with Gasteiger partial charge in [-0.25, -0.2) is 0 Å². The number of hydrogen-bond donors (Lipinski definition) is 2. The minimum absolute atomic E-state index is 0. The van der Waals surface area contributed by atoms with Crippen LogP contribution < -0.4 is 10.6 Å². The SMILES string of the molecule is CCNC(=NCCOCCOC)NC(C)C(C)C.I. The first kappa shape index (κ1) is 21.2. The largest absolute Gasteiger partial charge is 0.382 e. The van der Waals surface area contributed by atoms with Gasteiger partial charge in [0, 0.05) is 19.7 Å². The lowest BCUT2D eigenvalue weighted by Gasteiger charge is -2.20. The van der Waals surface area contributed by atoms with Crippen LogP contribution in [0.15, 0.2) is 4.99 Å². The van der Waals surface area contributed by atoms with Gasteiger partial charge >= 0.3 is 0 Å². The molecule has 6 heteroatoms. The molecule has 0 saturated carbocycles. The van der Waals surface area contributed by atoms with Crippen LogP contribution in [0.3, 0.4) is 0 Å². The van der Waals surface area contributed by atoms with Crippen LogP contribution in [0.1, 0.15) is 27.7 Å². The first-order chi connectivity index (χ1) is 8.61. The fourth-order valence-corrected chi connectivity index (χ4v) is 1.17. The van der Waals surface area contributed by atoms with E-state index < -0.39 is 0 Å². The summed E-state index contributed by atoms with van der Waals surface area (Å²) >= 11 is 0. The van der Waals surface area contributed by atoms with Gasteiger partial charge < -0.3 is 20.1 Å². The van der Waals surface area contributed by atoms with Gasteiger partial charge in [0.25, 0.3) is 0 Å². The van der Waals surface area contributed by atoms with Crippen LogP contribution in [0.4, 0.5) is 0 Å². The predicted octanol–water partition coefficient (Wildman–Crippen LogP) is 1.87. The molecular formula is C13H30IN3O2. The molecule has 0 aromatic rings. The highest BCUT2D eigenvalue weighted by atomic mass is 127. The van der Waals surface area contributed by atoms with Gasteiger partial charge in [0.05, 0.1) is 26.4 Å². The fraction of sp³-hybridized carbons (Fsp3) is 0.923. The Morgan fingerprint density at radius 3 is 2.37 bits per heavy atom. The highest BCUT2D eigenvalue weighted by Gasteiger charge is 2.08. The van der Waals surface area contributed by atoms with Crippen LogP contribution in [0.5, 0.6) is 0 Å². The van der Waals surface area contributed by atoms with E-state index in [1.807, 2.05) is 0 Å². The van der Waals surface area contributed by atoms with Crippen molar-refractivity contribution in [2.24, 2.45) is 10.9 Å². The number of aliphatic imine (C=N–C) groups is 1. The average Bonchev–Trinajstić information content (AvgIpc) is 2.33. The Morgan fingerprint density at radius 2 is 1.84 bits per heavy atom. The van der Waals surface area contributed by atoms with Crippen LogP contribution in [0.25, 0.3) is 0 Å². The lowest BCUT2D eigenvalue weighted by Crippen LogP contribution is -2.44. The van der Waals surface area contributed by atoms with E-state index in [0.717, 1.165) is 12.5 Å². The van der Waals surface area contributed by atoms with Crippen molar-refractivity contribution in [3.8, 4) is 0 Å². The van der Waals surface area contributed by atoms with Crippen LogP contribution in [-0.2, 0) is 9.47 Å². The molecule has 0 rings (SSSR count). The van der Waals surface area contributed by atoms with Gasteiger partial charge in [-0.15, -0.1) is 24.0 Å². The minimum atomic E-state index is 0. The molecule has 0 aromatic heterocycles. The Balaban J connectivity index is 0. The summed E-state index contributed by atoms with van der Waals surface area (Å²) in [5.74, 6) is 1.43. The van der Waals surface area contributed by atoms with Crippen LogP contribution >= 0.6 is 24.0 Å². The zero-order chi connectivity index (χ0) is 13.8. The third-order valence-electron chi connectivity index (χ3n) is 2.65. The van der Waals surface area contributed by atoms with Crippen molar-refractivity contribution in [1.29, 1.82) is 0 Å². The molecule has 2 N–H and O–H groups in total. The maximum Gasteiger partial charge on any atom is 0.191 e. The molecule has 0 aromatic carbocycles. The Bertz CT molecular complexity index is 226. The van der Waals surface area contributed by atoms with E-state index in [9.17, 15) is 0 Å². The summed E-state index contributed by atoms with van der Waals surface area (Å²) in [6.45, 7) is 12.0. The van der Waals surface area contributed by atoms with Crippen molar-refractivity contribution in [2.45, 2.75) is 33.7 Å². The Hall–Kier alpha value is -0.0800. The maximum absolute atomic E-state index is 5.37. The van der Waals surface area contributed by atoms with E-state index in [1.54, 1.807) is 7.11 Å². The summed E-state index contributed by atoms with van der Waals surface area (Å²) in [7, 11) is 1.67. The van der Waals surface area contributed by atoms with Crippen molar-refractivity contribution in [2.75, 3.05) is 40.0 Å². The van der Waals surface area contributed by atoms with Crippen molar-refractivity contribution < 1.29 is 9.47 Å². The highest BCUT2D eigenvalue weighted by Crippen LogP contribution is 1.99. The molecule has 0 saturated heterocycles. The summed E-state index contributed by atoms with van der Waals surface area (Å²) in [5, 5.41) is 6.61. The van der Waals surface area contributed by atoms with Crippen LogP contribution in [0, 0.1) is 5.92 Å². The van der Waals surface area contributed by atoms with Crippen molar-refractivity contribution in [3.05, 3.63) is 0 Å². The number of hydrogen-bond acceptors (Lipinski definition) is 3. The summed E-state index contributed by atoms with van der Waals surface area (Å²) in [6, 6.07) is 0.400. The van der Waals surface area contributed by atoms with E-state index in [1.165, 1.54) is 0 Å². The van der Waals surface area contributed by atoms with E-state index >= 15 is 0 Å². The van der Waals surface area contributed by atoms with Crippen molar-refractivity contribution >= 4 is 29.9 Å². The van der Waals surface area contributed by atoms with Gasteiger partial charge in [0.2, 0.25) is 0 Å². The molecule has 19 heavy (non-hydrogen) atoms. The predicted molar refractivity (Wildman–Crippen MR) is 91.5 cm³/mol. The molecule has 0 radical (unpaired) electrons. The number of nitrogens with zero attached hydrogens (tertiary/aromatic N) is 1. The second-order valence-electron chi connectivity index (χ2n) is 4.54. The zero-order valence-electron chi connectivity index (χ0n) is 12.9. The Morgan fingerprint density at radius 1 is 1.16 bits per heavy atom. The van der Waals surface area contributed by atoms with Gasteiger partial charge in [-0.3, -0.25) is 4.99 Å². The van der Waals surface area contributed by atoms with Crippen LogP contribution in [0.2, 0.25) is 0 Å². The first-order valence-electron chi connectivity index (χ1n) is 6.73. The quantitative estimate of drug-likeness (QED) is 0.275. The molecule has 0 bridgehead atoms. The molecule has 116 valence electrons. The van der Waals surface area contributed by atoms with Gasteiger partial charge in [0.15, 0.2) is 5.96 Å².